The Morgan fingerprint density at radius 2 is 1.86 bits per heavy atom. The van der Waals surface area contributed by atoms with Crippen molar-refractivity contribution in [1.29, 1.82) is 0 Å². The van der Waals surface area contributed by atoms with Crippen molar-refractivity contribution in [3.63, 3.8) is 0 Å². The largest absolute Gasteiger partial charge is 0.355 e. The van der Waals surface area contributed by atoms with Crippen LogP contribution in [0.15, 0.2) is 30.3 Å². The van der Waals surface area contributed by atoms with Gasteiger partial charge in [0.05, 0.1) is 0 Å². The molecule has 0 bridgehead atoms. The molecular formula is C17H24N2O2. The van der Waals surface area contributed by atoms with Crippen molar-refractivity contribution in [3.05, 3.63) is 30.3 Å². The highest BCUT2D eigenvalue weighted by Gasteiger charge is 2.57. The quantitative estimate of drug-likeness (QED) is 0.619. The first-order chi connectivity index (χ1) is 10.1. The van der Waals surface area contributed by atoms with Crippen LogP contribution in [0.2, 0.25) is 0 Å². The lowest BCUT2D eigenvalue weighted by atomic mass is 10.0. The van der Waals surface area contributed by atoms with Gasteiger partial charge in [0, 0.05) is 19.3 Å². The van der Waals surface area contributed by atoms with Gasteiger partial charge in [0.15, 0.2) is 0 Å². The zero-order valence-corrected chi connectivity index (χ0v) is 12.9. The Morgan fingerprint density at radius 1 is 1.19 bits per heavy atom. The van der Waals surface area contributed by atoms with Gasteiger partial charge in [-0.15, -0.1) is 0 Å². The number of carbonyl (C=O) groups is 2. The second kappa shape index (κ2) is 6.74. The third kappa shape index (κ3) is 3.43. The van der Waals surface area contributed by atoms with Gasteiger partial charge >= 0.3 is 0 Å². The molecule has 0 saturated heterocycles. The maximum atomic E-state index is 12.6. The third-order valence-corrected chi connectivity index (χ3v) is 4.11. The number of unbranched alkanes of at least 4 members (excludes halogenated alkanes) is 2. The Labute approximate surface area is 126 Å². The number of benzene rings is 1. The summed E-state index contributed by atoms with van der Waals surface area (Å²) < 4.78 is 0. The smallest absolute Gasteiger partial charge is 0.242 e. The molecule has 1 aliphatic carbocycles. The summed E-state index contributed by atoms with van der Waals surface area (Å²) in [5, 5.41) is 2.92. The third-order valence-electron chi connectivity index (χ3n) is 4.11. The van der Waals surface area contributed by atoms with Crippen molar-refractivity contribution in [2.45, 2.75) is 39.0 Å². The highest BCUT2D eigenvalue weighted by Crippen LogP contribution is 2.47. The molecule has 0 atom stereocenters. The summed E-state index contributed by atoms with van der Waals surface area (Å²) in [5.74, 6) is -0.201. The van der Waals surface area contributed by atoms with Crippen LogP contribution in [0.3, 0.4) is 0 Å². The number of rotatable bonds is 7. The van der Waals surface area contributed by atoms with E-state index in [0.717, 1.165) is 24.9 Å². The number of nitrogens with one attached hydrogen (secondary N) is 1. The monoisotopic (exact) mass is 288 g/mol. The second-order valence-corrected chi connectivity index (χ2v) is 5.74. The minimum absolute atomic E-state index is 0.0957. The van der Waals surface area contributed by atoms with Gasteiger partial charge in [-0.1, -0.05) is 38.0 Å². The van der Waals surface area contributed by atoms with Gasteiger partial charge in [-0.3, -0.25) is 9.59 Å². The number of carbonyl (C=O) groups excluding carboxylic acids is 2. The Kier molecular flexibility index (Phi) is 4.99. The molecule has 0 heterocycles. The zero-order valence-electron chi connectivity index (χ0n) is 12.9. The molecule has 21 heavy (non-hydrogen) atoms. The SMILES string of the molecule is CCCCCNC(=O)C1(C(=O)N(C)c2ccccc2)CC1. The van der Waals surface area contributed by atoms with E-state index in [1.807, 2.05) is 30.3 Å². The van der Waals surface area contributed by atoms with Crippen LogP contribution in [0, 0.1) is 5.41 Å². The van der Waals surface area contributed by atoms with Gasteiger partial charge < -0.3 is 10.2 Å². The molecule has 1 aromatic carbocycles. The molecule has 4 nitrogen and oxygen atoms in total. The van der Waals surface area contributed by atoms with Crippen LogP contribution in [0.5, 0.6) is 0 Å². The minimum atomic E-state index is -0.823. The summed E-state index contributed by atoms with van der Waals surface area (Å²) in [6.45, 7) is 2.79. The summed E-state index contributed by atoms with van der Waals surface area (Å²) in [6, 6.07) is 9.46. The fraction of sp³-hybridized carbons (Fsp3) is 0.529. The molecule has 0 aromatic heterocycles. The van der Waals surface area contributed by atoms with Gasteiger partial charge in [0.25, 0.3) is 0 Å². The molecule has 114 valence electrons. The van der Waals surface area contributed by atoms with Crippen LogP contribution < -0.4 is 10.2 Å². The van der Waals surface area contributed by atoms with E-state index in [9.17, 15) is 9.59 Å². The van der Waals surface area contributed by atoms with E-state index in [2.05, 4.69) is 12.2 Å². The lowest BCUT2D eigenvalue weighted by Crippen LogP contribution is -2.44. The minimum Gasteiger partial charge on any atom is -0.355 e. The molecule has 0 aliphatic heterocycles. The Morgan fingerprint density at radius 3 is 2.43 bits per heavy atom. The van der Waals surface area contributed by atoms with Gasteiger partial charge in [-0.25, -0.2) is 0 Å². The standard InChI is InChI=1S/C17H24N2O2/c1-3-4-8-13-18-15(20)17(11-12-17)16(21)19(2)14-9-6-5-7-10-14/h5-7,9-10H,3-4,8,11-13H2,1-2H3,(H,18,20). The molecule has 1 saturated carbocycles. The van der Waals surface area contributed by atoms with Gasteiger partial charge in [-0.05, 0) is 31.4 Å². The van der Waals surface area contributed by atoms with Crippen molar-refractivity contribution < 1.29 is 9.59 Å². The van der Waals surface area contributed by atoms with E-state index in [4.69, 9.17) is 0 Å². The van der Waals surface area contributed by atoms with E-state index in [0.29, 0.717) is 19.4 Å². The number of anilines is 1. The summed E-state index contributed by atoms with van der Waals surface area (Å²) >= 11 is 0. The van der Waals surface area contributed by atoms with Crippen LogP contribution >= 0.6 is 0 Å². The number of amides is 2. The van der Waals surface area contributed by atoms with Crippen molar-refractivity contribution in [3.8, 4) is 0 Å². The van der Waals surface area contributed by atoms with Crippen molar-refractivity contribution in [2.24, 2.45) is 5.41 Å². The number of hydrogen-bond acceptors (Lipinski definition) is 2. The molecule has 1 aromatic rings. The molecule has 1 N–H and O–H groups in total. The Bertz CT molecular complexity index is 495. The molecule has 1 aliphatic rings. The van der Waals surface area contributed by atoms with Crippen LogP contribution in [0.25, 0.3) is 0 Å². The first-order valence-corrected chi connectivity index (χ1v) is 7.73. The average Bonchev–Trinajstić information content (AvgIpc) is 3.32. The Hall–Kier alpha value is -1.84. The molecule has 0 spiro atoms. The number of hydrogen-bond donors (Lipinski definition) is 1. The number of para-hydroxylation sites is 1. The lowest BCUT2D eigenvalue weighted by Gasteiger charge is -2.23. The molecule has 0 unspecified atom stereocenters. The molecule has 4 heteroatoms. The summed E-state index contributed by atoms with van der Waals surface area (Å²) in [6.07, 6.45) is 4.51. The maximum absolute atomic E-state index is 12.6. The first-order valence-electron chi connectivity index (χ1n) is 7.73. The van der Waals surface area contributed by atoms with Crippen LogP contribution in [0.4, 0.5) is 5.69 Å². The van der Waals surface area contributed by atoms with Crippen molar-refractivity contribution >= 4 is 17.5 Å². The van der Waals surface area contributed by atoms with Gasteiger partial charge in [0.2, 0.25) is 11.8 Å². The van der Waals surface area contributed by atoms with Crippen molar-refractivity contribution in [2.75, 3.05) is 18.5 Å². The van der Waals surface area contributed by atoms with Crippen LogP contribution in [0.1, 0.15) is 39.0 Å². The van der Waals surface area contributed by atoms with E-state index < -0.39 is 5.41 Å². The second-order valence-electron chi connectivity index (χ2n) is 5.74. The summed E-state index contributed by atoms with van der Waals surface area (Å²) in [7, 11) is 1.74. The van der Waals surface area contributed by atoms with Gasteiger partial charge in [0.1, 0.15) is 5.41 Å². The number of nitrogens with zero attached hydrogens (tertiary/aromatic N) is 1. The highest BCUT2D eigenvalue weighted by molar-refractivity contribution is 6.13. The molecular weight excluding hydrogens is 264 g/mol. The highest BCUT2D eigenvalue weighted by atomic mass is 16.2. The van der Waals surface area contributed by atoms with E-state index in [1.165, 1.54) is 0 Å². The maximum Gasteiger partial charge on any atom is 0.242 e. The van der Waals surface area contributed by atoms with Crippen molar-refractivity contribution in [1.82, 2.24) is 5.32 Å². The summed E-state index contributed by atoms with van der Waals surface area (Å²) in [5.41, 5.74) is 0.00383. The molecule has 0 radical (unpaired) electrons. The van der Waals surface area contributed by atoms with E-state index in [-0.39, 0.29) is 11.8 Å². The van der Waals surface area contributed by atoms with Crippen LogP contribution in [-0.4, -0.2) is 25.4 Å². The zero-order chi connectivity index (χ0) is 15.3. The fourth-order valence-corrected chi connectivity index (χ4v) is 2.50. The van der Waals surface area contributed by atoms with Gasteiger partial charge in [-0.2, -0.15) is 0 Å². The van der Waals surface area contributed by atoms with Crippen LogP contribution in [-0.2, 0) is 9.59 Å². The predicted molar refractivity (Wildman–Crippen MR) is 84.1 cm³/mol. The predicted octanol–water partition coefficient (Wildman–Crippen LogP) is 2.74. The first kappa shape index (κ1) is 15.5. The van der Waals surface area contributed by atoms with E-state index >= 15 is 0 Å². The average molecular weight is 288 g/mol. The Balaban J connectivity index is 1.96. The topological polar surface area (TPSA) is 49.4 Å². The molecule has 1 fully saturated rings. The normalized spacial score (nSPS) is 15.3. The molecule has 2 amide bonds. The fourth-order valence-electron chi connectivity index (χ4n) is 2.50. The summed E-state index contributed by atoms with van der Waals surface area (Å²) in [4.78, 5) is 26.5. The lowest BCUT2D eigenvalue weighted by molar-refractivity contribution is -0.135. The molecule has 2 rings (SSSR count). The van der Waals surface area contributed by atoms with E-state index in [1.54, 1.807) is 11.9 Å².